The number of primary amides is 1. The second-order valence-electron chi connectivity index (χ2n) is 10.2. The molecule has 1 amide bonds. The highest BCUT2D eigenvalue weighted by atomic mass is 19.1. The van der Waals surface area contributed by atoms with Crippen LogP contribution in [-0.4, -0.2) is 42.6 Å². The van der Waals surface area contributed by atoms with Crippen molar-refractivity contribution in [2.75, 3.05) is 11.9 Å². The molecule has 0 unspecified atom stereocenters. The second-order valence-corrected chi connectivity index (χ2v) is 10.2. The third kappa shape index (κ3) is 3.45. The molecule has 1 fully saturated rings. The van der Waals surface area contributed by atoms with Gasteiger partial charge in [-0.1, -0.05) is 19.9 Å². The summed E-state index contributed by atoms with van der Waals surface area (Å²) >= 11 is 0. The van der Waals surface area contributed by atoms with Crippen molar-refractivity contribution in [1.29, 1.82) is 0 Å². The van der Waals surface area contributed by atoms with Gasteiger partial charge >= 0.3 is 0 Å². The van der Waals surface area contributed by atoms with E-state index in [1.807, 2.05) is 6.07 Å². The van der Waals surface area contributed by atoms with E-state index in [0.717, 1.165) is 29.8 Å². The molecule has 192 valence electrons. The third-order valence-corrected chi connectivity index (χ3v) is 8.02. The van der Waals surface area contributed by atoms with Crippen molar-refractivity contribution in [3.63, 3.8) is 0 Å². The molecule has 11 heteroatoms. The van der Waals surface area contributed by atoms with Gasteiger partial charge in [0.1, 0.15) is 11.6 Å². The average molecular weight is 515 g/mol. The number of nitrogens with two attached hydrogens (primary N) is 1. The predicted molar refractivity (Wildman–Crippen MR) is 135 cm³/mol. The molecule has 2 aliphatic rings. The number of rotatable bonds is 6. The summed E-state index contributed by atoms with van der Waals surface area (Å²) in [5.74, 6) is -1.02. The highest BCUT2D eigenvalue weighted by Gasteiger charge is 2.65. The number of benzene rings is 1. The van der Waals surface area contributed by atoms with E-state index in [9.17, 15) is 13.6 Å². The van der Waals surface area contributed by atoms with Gasteiger partial charge in [-0.15, -0.1) is 5.10 Å². The minimum Gasteiger partial charge on any atom is -0.368 e. The Balaban J connectivity index is 1.41. The van der Waals surface area contributed by atoms with E-state index in [0.29, 0.717) is 11.4 Å². The van der Waals surface area contributed by atoms with Gasteiger partial charge in [0.15, 0.2) is 5.82 Å². The molecule has 0 saturated heterocycles. The van der Waals surface area contributed by atoms with Crippen LogP contribution in [0.5, 0.6) is 0 Å². The zero-order valence-corrected chi connectivity index (χ0v) is 20.7. The molecule has 2 bridgehead atoms. The molecule has 1 saturated carbocycles. The number of amides is 1. The van der Waals surface area contributed by atoms with Crippen molar-refractivity contribution < 1.29 is 13.6 Å². The lowest BCUT2D eigenvalue weighted by molar-refractivity contribution is -0.116. The van der Waals surface area contributed by atoms with E-state index in [4.69, 9.17) is 10.7 Å². The number of fused-ring (bicyclic) bond motifs is 5. The molecule has 1 aromatic carbocycles. The largest absolute Gasteiger partial charge is 0.368 e. The fraction of sp³-hybridized carbons (Fsp3) is 0.296. The third-order valence-electron chi connectivity index (χ3n) is 8.02. The van der Waals surface area contributed by atoms with Crippen LogP contribution < -0.4 is 11.1 Å². The van der Waals surface area contributed by atoms with Gasteiger partial charge in [0.2, 0.25) is 11.9 Å². The van der Waals surface area contributed by atoms with Crippen molar-refractivity contribution in [3.8, 4) is 22.6 Å². The van der Waals surface area contributed by atoms with Crippen LogP contribution >= 0.6 is 0 Å². The van der Waals surface area contributed by atoms with Crippen molar-refractivity contribution in [2.24, 2.45) is 11.1 Å². The van der Waals surface area contributed by atoms with E-state index in [1.54, 1.807) is 24.7 Å². The zero-order valence-electron chi connectivity index (χ0n) is 20.7. The number of carbonyl (C=O) groups is 1. The standard InChI is InChI=1S/C27H24F2N8O/c1-26(2)16-6-8-27(26,23-15(16)10-19(36-37-23)22-17(28)4-3-5-18(22)29)20-7-9-31-24(35-20)14-11-32-25(33-12-14)34-13-21(30)38/h3-5,7,9-12,16H,6,8,13H2,1-2H3,(H2,30,38)(H,32,33,34)/t16-,27-/m0/s1. The molecule has 0 spiro atoms. The molecule has 3 heterocycles. The summed E-state index contributed by atoms with van der Waals surface area (Å²) < 4.78 is 29.0. The van der Waals surface area contributed by atoms with Crippen molar-refractivity contribution in [2.45, 2.75) is 38.0 Å². The number of halogens is 2. The Morgan fingerprint density at radius 1 is 1.11 bits per heavy atom. The maximum absolute atomic E-state index is 14.5. The smallest absolute Gasteiger partial charge is 0.236 e. The van der Waals surface area contributed by atoms with Crippen molar-refractivity contribution in [1.82, 2.24) is 30.1 Å². The molecule has 3 N–H and O–H groups in total. The topological polar surface area (TPSA) is 132 Å². The summed E-state index contributed by atoms with van der Waals surface area (Å²) in [6.45, 7) is 4.29. The predicted octanol–water partition coefficient (Wildman–Crippen LogP) is 3.77. The van der Waals surface area contributed by atoms with E-state index in [2.05, 4.69) is 44.3 Å². The first-order valence-corrected chi connectivity index (χ1v) is 12.2. The van der Waals surface area contributed by atoms with Gasteiger partial charge in [0, 0.05) is 18.6 Å². The second kappa shape index (κ2) is 8.57. The molecule has 2 aliphatic carbocycles. The molecule has 2 atom stereocenters. The lowest BCUT2D eigenvalue weighted by atomic mass is 9.66. The molecule has 38 heavy (non-hydrogen) atoms. The summed E-state index contributed by atoms with van der Waals surface area (Å²) in [5, 5.41) is 11.6. The molecule has 0 aliphatic heterocycles. The van der Waals surface area contributed by atoms with Crippen LogP contribution in [0.1, 0.15) is 49.6 Å². The highest BCUT2D eigenvalue weighted by Crippen LogP contribution is 2.69. The summed E-state index contributed by atoms with van der Waals surface area (Å²) in [5.41, 5.74) is 7.47. The lowest BCUT2D eigenvalue weighted by Crippen LogP contribution is -2.38. The van der Waals surface area contributed by atoms with Gasteiger partial charge in [-0.3, -0.25) is 4.79 Å². The van der Waals surface area contributed by atoms with Crippen LogP contribution in [0.4, 0.5) is 14.7 Å². The highest BCUT2D eigenvalue weighted by molar-refractivity contribution is 5.78. The molecule has 9 nitrogen and oxygen atoms in total. The maximum Gasteiger partial charge on any atom is 0.236 e. The van der Waals surface area contributed by atoms with Crippen molar-refractivity contribution in [3.05, 3.63) is 77.5 Å². The SMILES string of the molecule is CC1(C)[C@H]2CC[C@]1(c1ccnc(-c3cnc(NCC(N)=O)nc3)n1)c1nnc(-c3c(F)cccc3F)cc12. The Kier molecular flexibility index (Phi) is 5.41. The van der Waals surface area contributed by atoms with Gasteiger partial charge in [0.05, 0.1) is 40.2 Å². The Morgan fingerprint density at radius 2 is 1.84 bits per heavy atom. The van der Waals surface area contributed by atoms with E-state index < -0.39 is 23.0 Å². The summed E-state index contributed by atoms with van der Waals surface area (Å²) in [6.07, 6.45) is 6.54. The Hall–Kier alpha value is -4.41. The van der Waals surface area contributed by atoms with Gasteiger partial charge in [-0.2, -0.15) is 5.10 Å². The molecule has 3 aromatic heterocycles. The van der Waals surface area contributed by atoms with Crippen LogP contribution in [0.3, 0.4) is 0 Å². The maximum atomic E-state index is 14.5. The van der Waals surface area contributed by atoms with Gasteiger partial charge in [-0.05, 0) is 54.0 Å². The van der Waals surface area contributed by atoms with Crippen LogP contribution in [0, 0.1) is 17.0 Å². The average Bonchev–Trinajstić information content (AvgIpc) is 3.28. The number of carbonyl (C=O) groups excluding carboxylic acids is 1. The monoisotopic (exact) mass is 514 g/mol. The Morgan fingerprint density at radius 3 is 2.55 bits per heavy atom. The van der Waals surface area contributed by atoms with Crippen LogP contribution in [0.2, 0.25) is 0 Å². The van der Waals surface area contributed by atoms with Crippen LogP contribution in [-0.2, 0) is 10.2 Å². The number of hydrogen-bond acceptors (Lipinski definition) is 8. The molecular weight excluding hydrogens is 490 g/mol. The van der Waals surface area contributed by atoms with Gasteiger partial charge in [0.25, 0.3) is 0 Å². The molecular formula is C27H24F2N8O. The van der Waals surface area contributed by atoms with Crippen LogP contribution in [0.15, 0.2) is 48.9 Å². The Labute approximate surface area is 217 Å². The fourth-order valence-electron chi connectivity index (χ4n) is 6.19. The fourth-order valence-corrected chi connectivity index (χ4v) is 6.19. The number of hydrogen-bond donors (Lipinski definition) is 2. The molecule has 4 aromatic rings. The van der Waals surface area contributed by atoms with E-state index in [-0.39, 0.29) is 35.1 Å². The zero-order chi connectivity index (χ0) is 26.7. The van der Waals surface area contributed by atoms with Gasteiger partial charge < -0.3 is 11.1 Å². The van der Waals surface area contributed by atoms with Crippen molar-refractivity contribution >= 4 is 11.9 Å². The number of anilines is 1. The van der Waals surface area contributed by atoms with Crippen LogP contribution in [0.25, 0.3) is 22.6 Å². The summed E-state index contributed by atoms with van der Waals surface area (Å²) in [4.78, 5) is 28.8. The van der Waals surface area contributed by atoms with E-state index in [1.165, 1.54) is 18.2 Å². The summed E-state index contributed by atoms with van der Waals surface area (Å²) in [6, 6.07) is 7.44. The normalized spacial score (nSPS) is 20.8. The quantitative estimate of drug-likeness (QED) is 0.397. The van der Waals surface area contributed by atoms with Gasteiger partial charge in [-0.25, -0.2) is 28.7 Å². The lowest BCUT2D eigenvalue weighted by Gasteiger charge is -2.37. The first kappa shape index (κ1) is 24.0. The minimum atomic E-state index is -0.671. The first-order chi connectivity index (χ1) is 18.2. The summed E-state index contributed by atoms with van der Waals surface area (Å²) in [7, 11) is 0. The number of nitrogens with zero attached hydrogens (tertiary/aromatic N) is 6. The number of aromatic nitrogens is 6. The molecule has 0 radical (unpaired) electrons. The molecule has 6 rings (SSSR count). The van der Waals surface area contributed by atoms with E-state index >= 15 is 0 Å². The first-order valence-electron chi connectivity index (χ1n) is 12.2. The minimum absolute atomic E-state index is 0.0736. The Bertz CT molecular complexity index is 1560. The number of nitrogens with one attached hydrogen (secondary N) is 1.